The summed E-state index contributed by atoms with van der Waals surface area (Å²) in [4.78, 5) is 14.0. The molecule has 0 bridgehead atoms. The summed E-state index contributed by atoms with van der Waals surface area (Å²) in [6, 6.07) is 11.1. The first kappa shape index (κ1) is 19.3. The largest absolute Gasteiger partial charge is 0.339 e. The third-order valence-corrected chi connectivity index (χ3v) is 5.68. The topological polar surface area (TPSA) is 66.5 Å². The number of hydrogen-bond acceptors (Lipinski definition) is 3. The molecule has 0 aliphatic carbocycles. The van der Waals surface area contributed by atoms with Crippen molar-refractivity contribution in [3.8, 4) is 0 Å². The maximum atomic E-state index is 12.5. The lowest BCUT2D eigenvalue weighted by Crippen LogP contribution is -2.30. The van der Waals surface area contributed by atoms with Gasteiger partial charge in [0.15, 0.2) is 0 Å². The van der Waals surface area contributed by atoms with Gasteiger partial charge in [0.1, 0.15) is 4.90 Å². The lowest BCUT2D eigenvalue weighted by Gasteiger charge is -2.18. The van der Waals surface area contributed by atoms with E-state index in [1.165, 1.54) is 6.07 Å². The second-order valence-electron chi connectivity index (χ2n) is 5.59. The van der Waals surface area contributed by atoms with Gasteiger partial charge in [0.05, 0.1) is 5.02 Å². The molecule has 0 saturated carbocycles. The fourth-order valence-corrected chi connectivity index (χ4v) is 4.07. The third kappa shape index (κ3) is 4.52. The number of carbonyl (C=O) groups excluding carboxylic acids is 1. The van der Waals surface area contributed by atoms with Gasteiger partial charge in [0, 0.05) is 24.3 Å². The molecule has 0 aliphatic rings. The molecule has 25 heavy (non-hydrogen) atoms. The quantitative estimate of drug-likeness (QED) is 0.825. The second kappa shape index (κ2) is 7.89. The zero-order valence-electron chi connectivity index (χ0n) is 14.4. The SMILES string of the molecule is CCN(CC)C(=O)c1ccc(NS(=O)(=O)c2ccc(C)cc2Cl)cc1. The van der Waals surface area contributed by atoms with Crippen molar-refractivity contribution in [2.75, 3.05) is 17.8 Å². The van der Waals surface area contributed by atoms with Gasteiger partial charge < -0.3 is 4.90 Å². The molecule has 0 fully saturated rings. The Morgan fingerprint density at radius 1 is 1.08 bits per heavy atom. The number of benzene rings is 2. The maximum absolute atomic E-state index is 12.5. The Balaban J connectivity index is 2.22. The summed E-state index contributed by atoms with van der Waals surface area (Å²) < 4.78 is 27.4. The van der Waals surface area contributed by atoms with Crippen LogP contribution in [-0.4, -0.2) is 32.3 Å². The number of nitrogens with zero attached hydrogens (tertiary/aromatic N) is 1. The summed E-state index contributed by atoms with van der Waals surface area (Å²) in [6.45, 7) is 6.90. The summed E-state index contributed by atoms with van der Waals surface area (Å²) in [5.74, 6) is -0.0824. The van der Waals surface area contributed by atoms with E-state index >= 15 is 0 Å². The van der Waals surface area contributed by atoms with Crippen molar-refractivity contribution in [3.05, 3.63) is 58.6 Å². The van der Waals surface area contributed by atoms with E-state index in [9.17, 15) is 13.2 Å². The number of halogens is 1. The van der Waals surface area contributed by atoms with E-state index in [1.807, 2.05) is 20.8 Å². The molecule has 1 amide bonds. The molecule has 2 aromatic carbocycles. The number of anilines is 1. The summed E-state index contributed by atoms with van der Waals surface area (Å²) >= 11 is 6.04. The van der Waals surface area contributed by atoms with Crippen LogP contribution in [0.1, 0.15) is 29.8 Å². The number of carbonyl (C=O) groups is 1. The first-order valence-corrected chi connectivity index (χ1v) is 9.83. The average molecular weight is 381 g/mol. The van der Waals surface area contributed by atoms with Crippen LogP contribution in [-0.2, 0) is 10.0 Å². The Bertz CT molecular complexity index is 860. The molecular weight excluding hydrogens is 360 g/mol. The third-order valence-electron chi connectivity index (χ3n) is 3.81. The molecule has 1 N–H and O–H groups in total. The highest BCUT2D eigenvalue weighted by Gasteiger charge is 2.18. The Hall–Kier alpha value is -2.05. The lowest BCUT2D eigenvalue weighted by atomic mass is 10.2. The van der Waals surface area contributed by atoms with Gasteiger partial charge in [0.2, 0.25) is 0 Å². The van der Waals surface area contributed by atoms with Crippen molar-refractivity contribution in [2.45, 2.75) is 25.7 Å². The smallest absolute Gasteiger partial charge is 0.263 e. The number of hydrogen-bond donors (Lipinski definition) is 1. The molecule has 7 heteroatoms. The minimum absolute atomic E-state index is 0.0167. The molecule has 2 aromatic rings. The first-order valence-electron chi connectivity index (χ1n) is 7.96. The minimum Gasteiger partial charge on any atom is -0.339 e. The summed E-state index contributed by atoms with van der Waals surface area (Å²) in [5, 5.41) is 0.167. The highest BCUT2D eigenvalue weighted by molar-refractivity contribution is 7.92. The van der Waals surface area contributed by atoms with Gasteiger partial charge in [-0.2, -0.15) is 0 Å². The molecule has 0 radical (unpaired) electrons. The standard InChI is InChI=1S/C18H21ClN2O3S/c1-4-21(5-2)18(22)14-7-9-15(10-8-14)20-25(23,24)17-11-6-13(3)12-16(17)19/h6-12,20H,4-5H2,1-3H3. The number of amides is 1. The van der Waals surface area contributed by atoms with E-state index in [-0.39, 0.29) is 15.8 Å². The van der Waals surface area contributed by atoms with Crippen LogP contribution in [0, 0.1) is 6.92 Å². The normalized spacial score (nSPS) is 11.2. The molecule has 0 aromatic heterocycles. The number of sulfonamides is 1. The molecule has 0 aliphatic heterocycles. The summed E-state index contributed by atoms with van der Waals surface area (Å²) in [5.41, 5.74) is 1.76. The number of nitrogens with one attached hydrogen (secondary N) is 1. The molecular formula is C18H21ClN2O3S. The fraction of sp³-hybridized carbons (Fsp3) is 0.278. The van der Waals surface area contributed by atoms with E-state index in [0.717, 1.165) is 5.56 Å². The van der Waals surface area contributed by atoms with E-state index in [4.69, 9.17) is 11.6 Å². The number of aryl methyl sites for hydroxylation is 1. The Kier molecular flexibility index (Phi) is 6.08. The summed E-state index contributed by atoms with van der Waals surface area (Å²) in [7, 11) is -3.80. The van der Waals surface area contributed by atoms with E-state index in [0.29, 0.717) is 24.3 Å². The van der Waals surface area contributed by atoms with Gasteiger partial charge in [0.25, 0.3) is 15.9 Å². The molecule has 5 nitrogen and oxygen atoms in total. The van der Waals surface area contributed by atoms with Gasteiger partial charge in [-0.15, -0.1) is 0 Å². The van der Waals surface area contributed by atoms with Crippen molar-refractivity contribution in [2.24, 2.45) is 0 Å². The van der Waals surface area contributed by atoms with Gasteiger partial charge in [-0.05, 0) is 62.7 Å². The Morgan fingerprint density at radius 2 is 1.68 bits per heavy atom. The fourth-order valence-electron chi connectivity index (χ4n) is 2.41. The zero-order valence-corrected chi connectivity index (χ0v) is 16.0. The molecule has 0 unspecified atom stereocenters. The predicted molar refractivity (Wildman–Crippen MR) is 101 cm³/mol. The van der Waals surface area contributed by atoms with Crippen LogP contribution in [0.3, 0.4) is 0 Å². The van der Waals surface area contributed by atoms with Crippen molar-refractivity contribution in [3.63, 3.8) is 0 Å². The highest BCUT2D eigenvalue weighted by atomic mass is 35.5. The summed E-state index contributed by atoms with van der Waals surface area (Å²) in [6.07, 6.45) is 0. The van der Waals surface area contributed by atoms with Crippen LogP contribution in [0.2, 0.25) is 5.02 Å². The van der Waals surface area contributed by atoms with E-state index in [2.05, 4.69) is 4.72 Å². The maximum Gasteiger partial charge on any atom is 0.263 e. The molecule has 0 spiro atoms. The predicted octanol–water partition coefficient (Wildman–Crippen LogP) is 3.93. The molecule has 2 rings (SSSR count). The van der Waals surface area contributed by atoms with Crippen molar-refractivity contribution >= 4 is 33.2 Å². The second-order valence-corrected chi connectivity index (χ2v) is 7.65. The molecule has 0 heterocycles. The van der Waals surface area contributed by atoms with Gasteiger partial charge in [-0.25, -0.2) is 8.42 Å². The van der Waals surface area contributed by atoms with Crippen molar-refractivity contribution in [1.29, 1.82) is 0 Å². The van der Waals surface area contributed by atoms with Crippen LogP contribution in [0.4, 0.5) is 5.69 Å². The van der Waals surface area contributed by atoms with Crippen LogP contribution in [0.25, 0.3) is 0 Å². The van der Waals surface area contributed by atoms with Crippen LogP contribution < -0.4 is 4.72 Å². The zero-order chi connectivity index (χ0) is 18.6. The number of rotatable bonds is 6. The van der Waals surface area contributed by atoms with Crippen LogP contribution >= 0.6 is 11.6 Å². The van der Waals surface area contributed by atoms with E-state index < -0.39 is 10.0 Å². The molecule has 0 atom stereocenters. The first-order chi connectivity index (χ1) is 11.8. The van der Waals surface area contributed by atoms with Crippen molar-refractivity contribution < 1.29 is 13.2 Å². The Labute approximate surface area is 153 Å². The highest BCUT2D eigenvalue weighted by Crippen LogP contribution is 2.25. The van der Waals surface area contributed by atoms with Gasteiger partial charge >= 0.3 is 0 Å². The van der Waals surface area contributed by atoms with Crippen molar-refractivity contribution in [1.82, 2.24) is 4.90 Å². The monoisotopic (exact) mass is 380 g/mol. The minimum atomic E-state index is -3.80. The van der Waals surface area contributed by atoms with E-state index in [1.54, 1.807) is 41.3 Å². The lowest BCUT2D eigenvalue weighted by molar-refractivity contribution is 0.0773. The van der Waals surface area contributed by atoms with Crippen LogP contribution in [0.5, 0.6) is 0 Å². The molecule has 0 saturated heterocycles. The van der Waals surface area contributed by atoms with Crippen LogP contribution in [0.15, 0.2) is 47.4 Å². The Morgan fingerprint density at radius 3 is 2.20 bits per heavy atom. The molecule has 134 valence electrons. The average Bonchev–Trinajstić information content (AvgIpc) is 2.55. The van der Waals surface area contributed by atoms with Gasteiger partial charge in [-0.1, -0.05) is 17.7 Å². The van der Waals surface area contributed by atoms with Gasteiger partial charge in [-0.3, -0.25) is 9.52 Å².